The molecule has 150 valence electrons. The van der Waals surface area contributed by atoms with E-state index in [0.717, 1.165) is 44.2 Å². The molecule has 2 aromatic rings. The predicted octanol–water partition coefficient (Wildman–Crippen LogP) is 3.68. The molecule has 0 unspecified atom stereocenters. The van der Waals surface area contributed by atoms with Crippen molar-refractivity contribution in [2.24, 2.45) is 0 Å². The fourth-order valence-electron chi connectivity index (χ4n) is 3.37. The number of ether oxygens (including phenoxy) is 1. The van der Waals surface area contributed by atoms with Gasteiger partial charge >= 0.3 is 0 Å². The highest BCUT2D eigenvalue weighted by Gasteiger charge is 2.15. The number of carbonyl (C=O) groups is 1. The minimum Gasteiger partial charge on any atom is -0.379 e. The molecule has 1 aliphatic rings. The van der Waals surface area contributed by atoms with Gasteiger partial charge in [0.25, 0.3) is 0 Å². The van der Waals surface area contributed by atoms with Crippen molar-refractivity contribution in [1.29, 1.82) is 0 Å². The van der Waals surface area contributed by atoms with E-state index in [9.17, 15) is 4.79 Å². The fourth-order valence-corrected chi connectivity index (χ4v) is 3.37. The minimum absolute atomic E-state index is 0.00444. The monoisotopic (exact) mass is 381 g/mol. The summed E-state index contributed by atoms with van der Waals surface area (Å²) >= 11 is 0. The molecule has 1 N–H and O–H groups in total. The standard InChI is InChI=1S/C23H31N3O2/c1-18(2)26(22-10-4-19(3)5-11-22)17-23(27)24-21-8-6-20(7-9-21)16-25-12-14-28-15-13-25/h4-11,18H,12-17H2,1-3H3,(H,24,27). The van der Waals surface area contributed by atoms with Crippen molar-refractivity contribution in [3.63, 3.8) is 0 Å². The van der Waals surface area contributed by atoms with E-state index >= 15 is 0 Å². The van der Waals surface area contributed by atoms with Gasteiger partial charge < -0.3 is 15.0 Å². The number of carbonyl (C=O) groups excluding carboxylic acids is 1. The number of nitrogens with one attached hydrogen (secondary N) is 1. The summed E-state index contributed by atoms with van der Waals surface area (Å²) < 4.78 is 5.39. The summed E-state index contributed by atoms with van der Waals surface area (Å²) in [5.41, 5.74) is 4.37. The summed E-state index contributed by atoms with van der Waals surface area (Å²) in [6, 6.07) is 16.7. The van der Waals surface area contributed by atoms with Crippen LogP contribution in [0.2, 0.25) is 0 Å². The van der Waals surface area contributed by atoms with Crippen LogP contribution in [0.4, 0.5) is 11.4 Å². The smallest absolute Gasteiger partial charge is 0.243 e. The van der Waals surface area contributed by atoms with Gasteiger partial charge in [-0.25, -0.2) is 0 Å². The van der Waals surface area contributed by atoms with Crippen LogP contribution in [-0.2, 0) is 16.1 Å². The SMILES string of the molecule is Cc1ccc(N(CC(=O)Nc2ccc(CN3CCOCC3)cc2)C(C)C)cc1. The Labute approximate surface area is 168 Å². The predicted molar refractivity (Wildman–Crippen MR) is 115 cm³/mol. The molecular formula is C23H31N3O2. The van der Waals surface area contributed by atoms with Crippen LogP contribution in [-0.4, -0.2) is 49.7 Å². The van der Waals surface area contributed by atoms with Crippen LogP contribution >= 0.6 is 0 Å². The third-order valence-corrected chi connectivity index (χ3v) is 5.05. The maximum absolute atomic E-state index is 12.6. The number of hydrogen-bond donors (Lipinski definition) is 1. The summed E-state index contributed by atoms with van der Waals surface area (Å²) in [6.45, 7) is 11.1. The number of amides is 1. The van der Waals surface area contributed by atoms with E-state index in [1.165, 1.54) is 11.1 Å². The van der Waals surface area contributed by atoms with Crippen LogP contribution in [0, 0.1) is 6.92 Å². The Morgan fingerprint density at radius 3 is 2.32 bits per heavy atom. The van der Waals surface area contributed by atoms with E-state index in [-0.39, 0.29) is 11.9 Å². The second-order valence-electron chi connectivity index (χ2n) is 7.69. The lowest BCUT2D eigenvalue weighted by Crippen LogP contribution is -2.38. The topological polar surface area (TPSA) is 44.8 Å². The zero-order valence-electron chi connectivity index (χ0n) is 17.1. The second kappa shape index (κ2) is 9.71. The lowest BCUT2D eigenvalue weighted by molar-refractivity contribution is -0.115. The first-order valence-electron chi connectivity index (χ1n) is 10.0. The van der Waals surface area contributed by atoms with Gasteiger partial charge in [0, 0.05) is 37.1 Å². The molecule has 28 heavy (non-hydrogen) atoms. The average Bonchev–Trinajstić information content (AvgIpc) is 2.69. The normalized spacial score (nSPS) is 14.9. The van der Waals surface area contributed by atoms with Crippen molar-refractivity contribution in [3.05, 3.63) is 59.7 Å². The van der Waals surface area contributed by atoms with Crippen LogP contribution in [0.15, 0.2) is 48.5 Å². The van der Waals surface area contributed by atoms with Crippen molar-refractivity contribution in [2.75, 3.05) is 43.1 Å². The molecule has 1 heterocycles. The number of rotatable bonds is 7. The van der Waals surface area contributed by atoms with Crippen LogP contribution in [0.25, 0.3) is 0 Å². The van der Waals surface area contributed by atoms with E-state index in [4.69, 9.17) is 4.74 Å². The summed E-state index contributed by atoms with van der Waals surface area (Å²) in [5, 5.41) is 3.03. The fraction of sp³-hybridized carbons (Fsp3) is 0.435. The first-order valence-corrected chi connectivity index (χ1v) is 10.0. The molecule has 1 fully saturated rings. The molecule has 1 saturated heterocycles. The third kappa shape index (κ3) is 5.81. The molecule has 0 spiro atoms. The summed E-state index contributed by atoms with van der Waals surface area (Å²) in [4.78, 5) is 17.1. The molecule has 5 heteroatoms. The van der Waals surface area contributed by atoms with Gasteiger partial charge in [-0.3, -0.25) is 9.69 Å². The molecule has 0 aliphatic carbocycles. The van der Waals surface area contributed by atoms with Crippen LogP contribution in [0.1, 0.15) is 25.0 Å². The second-order valence-corrected chi connectivity index (χ2v) is 7.69. The molecule has 0 bridgehead atoms. The molecule has 0 aromatic heterocycles. The van der Waals surface area contributed by atoms with Gasteiger partial charge in [0.05, 0.1) is 19.8 Å². The Bertz CT molecular complexity index is 750. The van der Waals surface area contributed by atoms with E-state index in [1.54, 1.807) is 0 Å². The summed E-state index contributed by atoms with van der Waals surface area (Å²) in [5.74, 6) is -0.00444. The van der Waals surface area contributed by atoms with Crippen molar-refractivity contribution in [3.8, 4) is 0 Å². The minimum atomic E-state index is -0.00444. The summed E-state index contributed by atoms with van der Waals surface area (Å²) in [7, 11) is 0. The zero-order valence-corrected chi connectivity index (χ0v) is 17.1. The largest absolute Gasteiger partial charge is 0.379 e. The lowest BCUT2D eigenvalue weighted by Gasteiger charge is -2.28. The molecule has 0 atom stereocenters. The van der Waals surface area contributed by atoms with Gasteiger partial charge in [0.15, 0.2) is 0 Å². The highest BCUT2D eigenvalue weighted by molar-refractivity contribution is 5.94. The molecular weight excluding hydrogens is 350 g/mol. The number of nitrogens with zero attached hydrogens (tertiary/aromatic N) is 2. The van der Waals surface area contributed by atoms with Crippen LogP contribution < -0.4 is 10.2 Å². The van der Waals surface area contributed by atoms with Gasteiger partial charge in [0.2, 0.25) is 5.91 Å². The number of hydrogen-bond acceptors (Lipinski definition) is 4. The highest BCUT2D eigenvalue weighted by atomic mass is 16.5. The number of aryl methyl sites for hydroxylation is 1. The van der Waals surface area contributed by atoms with E-state index in [1.807, 2.05) is 12.1 Å². The Hall–Kier alpha value is -2.37. The average molecular weight is 382 g/mol. The van der Waals surface area contributed by atoms with E-state index < -0.39 is 0 Å². The van der Waals surface area contributed by atoms with Gasteiger partial charge in [-0.05, 0) is 50.6 Å². The maximum atomic E-state index is 12.6. The Balaban J connectivity index is 1.56. The first-order chi connectivity index (χ1) is 13.5. The number of benzene rings is 2. The maximum Gasteiger partial charge on any atom is 0.243 e. The molecule has 1 aliphatic heterocycles. The van der Waals surface area contributed by atoms with Crippen molar-refractivity contribution in [1.82, 2.24) is 4.90 Å². The van der Waals surface area contributed by atoms with Gasteiger partial charge in [0.1, 0.15) is 0 Å². The molecule has 3 rings (SSSR count). The van der Waals surface area contributed by atoms with Crippen LogP contribution in [0.3, 0.4) is 0 Å². The molecule has 2 aromatic carbocycles. The van der Waals surface area contributed by atoms with E-state index in [2.05, 4.69) is 72.3 Å². The summed E-state index contributed by atoms with van der Waals surface area (Å²) in [6.07, 6.45) is 0. The number of anilines is 2. The third-order valence-electron chi connectivity index (χ3n) is 5.05. The number of morpholine rings is 1. The van der Waals surface area contributed by atoms with Crippen molar-refractivity contribution in [2.45, 2.75) is 33.4 Å². The molecule has 1 amide bonds. The highest BCUT2D eigenvalue weighted by Crippen LogP contribution is 2.18. The quantitative estimate of drug-likeness (QED) is 0.795. The first kappa shape index (κ1) is 20.4. The van der Waals surface area contributed by atoms with Gasteiger partial charge in [-0.2, -0.15) is 0 Å². The zero-order chi connectivity index (χ0) is 19.9. The van der Waals surface area contributed by atoms with Crippen molar-refractivity contribution < 1.29 is 9.53 Å². The van der Waals surface area contributed by atoms with Crippen molar-refractivity contribution >= 4 is 17.3 Å². The van der Waals surface area contributed by atoms with Crippen LogP contribution in [0.5, 0.6) is 0 Å². The Morgan fingerprint density at radius 1 is 1.07 bits per heavy atom. The lowest BCUT2D eigenvalue weighted by atomic mass is 10.1. The van der Waals surface area contributed by atoms with E-state index in [0.29, 0.717) is 6.54 Å². The molecule has 0 saturated carbocycles. The Kier molecular flexibility index (Phi) is 7.06. The Morgan fingerprint density at radius 2 is 1.71 bits per heavy atom. The molecule has 5 nitrogen and oxygen atoms in total. The van der Waals surface area contributed by atoms with Gasteiger partial charge in [-0.1, -0.05) is 29.8 Å². The molecule has 0 radical (unpaired) electrons. The van der Waals surface area contributed by atoms with Gasteiger partial charge in [-0.15, -0.1) is 0 Å².